The van der Waals surface area contributed by atoms with Crippen LogP contribution in [0, 0.1) is 0 Å². The van der Waals surface area contributed by atoms with Gasteiger partial charge >= 0.3 is 0 Å². The van der Waals surface area contributed by atoms with Gasteiger partial charge in [-0.2, -0.15) is 0 Å². The third kappa shape index (κ3) is 5.55. The maximum atomic E-state index is 13.5. The Morgan fingerprint density at radius 2 is 1.60 bits per heavy atom. The van der Waals surface area contributed by atoms with Crippen LogP contribution < -0.4 is 10.2 Å². The first-order valence-electron chi connectivity index (χ1n) is 12.9. The molecule has 0 aliphatic carbocycles. The van der Waals surface area contributed by atoms with Gasteiger partial charge in [0.1, 0.15) is 58.6 Å². The molecule has 0 spiro atoms. The van der Waals surface area contributed by atoms with Crippen LogP contribution in [-0.4, -0.2) is 119 Å². The fourth-order valence-electron chi connectivity index (χ4n) is 4.83. The van der Waals surface area contributed by atoms with Crippen molar-refractivity contribution in [2.75, 3.05) is 13.2 Å². The molecule has 2 aliphatic rings. The quantitative estimate of drug-likeness (QED) is 0.140. The van der Waals surface area contributed by atoms with Gasteiger partial charge in [-0.15, -0.1) is 0 Å². The van der Waals surface area contributed by atoms with Crippen molar-refractivity contribution >= 4 is 11.0 Å². The van der Waals surface area contributed by atoms with E-state index >= 15 is 0 Å². The third-order valence-electron chi connectivity index (χ3n) is 7.35. The van der Waals surface area contributed by atoms with Gasteiger partial charge in [-0.25, -0.2) is 0 Å². The van der Waals surface area contributed by atoms with Gasteiger partial charge in [0, 0.05) is 17.7 Å². The molecule has 0 saturated carbocycles. The average molecular weight is 611 g/mol. The first-order chi connectivity index (χ1) is 20.2. The minimum atomic E-state index is -2.32. The fourth-order valence-corrected chi connectivity index (χ4v) is 4.83. The molecule has 43 heavy (non-hydrogen) atoms. The minimum absolute atomic E-state index is 0.0181. The monoisotopic (exact) mass is 610 g/mol. The van der Waals surface area contributed by atoms with Crippen molar-refractivity contribution in [3.05, 3.63) is 40.6 Å². The van der Waals surface area contributed by atoms with Crippen LogP contribution in [0.25, 0.3) is 22.3 Å². The first-order valence-corrected chi connectivity index (χ1v) is 12.9. The Kier molecular flexibility index (Phi) is 8.16. The second-order valence-electron chi connectivity index (χ2n) is 10.5. The molecule has 234 valence electrons. The van der Waals surface area contributed by atoms with Crippen LogP contribution in [0.4, 0.5) is 0 Å². The molecule has 2 fully saturated rings. The highest BCUT2D eigenvalue weighted by Gasteiger charge is 2.51. The number of benzene rings is 2. The van der Waals surface area contributed by atoms with Crippen molar-refractivity contribution < 1.29 is 74.4 Å². The van der Waals surface area contributed by atoms with Crippen molar-refractivity contribution in [2.24, 2.45) is 0 Å². The van der Waals surface area contributed by atoms with Crippen LogP contribution in [0.1, 0.15) is 6.92 Å². The molecule has 2 saturated heterocycles. The van der Waals surface area contributed by atoms with E-state index in [-0.39, 0.29) is 16.9 Å². The lowest BCUT2D eigenvalue weighted by Gasteiger charge is -2.44. The summed E-state index contributed by atoms with van der Waals surface area (Å²) >= 11 is 0. The lowest BCUT2D eigenvalue weighted by molar-refractivity contribution is -0.326. The standard InChI is InChI=1S/C27H30O16/c1-9-17(32)19(34)20(35)25(41-9)39-7-27(38)8-40-26(21(36)24(27)37)43-23-18(33)16-14(31)5-11(28)6-15(16)42-22(23)10-2-3-12(29)13(30)4-10/h2-6,9,17,19-21,24-26,28-32,34-38H,7-8H2,1H3/t9?,17-,19?,20?,21?,24?,25+,26-,27+/m0/s1. The number of hydrogen-bond acceptors (Lipinski definition) is 16. The zero-order valence-corrected chi connectivity index (χ0v) is 22.3. The molecule has 16 nitrogen and oxygen atoms in total. The summed E-state index contributed by atoms with van der Waals surface area (Å²) in [5.41, 5.74) is -3.63. The number of rotatable bonds is 6. The van der Waals surface area contributed by atoms with Crippen molar-refractivity contribution in [2.45, 2.75) is 61.7 Å². The third-order valence-corrected chi connectivity index (χ3v) is 7.35. The molecular weight excluding hydrogens is 580 g/mol. The lowest BCUT2D eigenvalue weighted by atomic mass is 9.91. The van der Waals surface area contributed by atoms with Crippen molar-refractivity contribution in [3.8, 4) is 40.1 Å². The van der Waals surface area contributed by atoms with Crippen LogP contribution in [0.15, 0.2) is 39.5 Å². The average Bonchev–Trinajstić information content (AvgIpc) is 2.95. The summed E-state index contributed by atoms with van der Waals surface area (Å²) in [5.74, 6) is -3.26. The Bertz CT molecular complexity index is 1560. The molecular formula is C27H30O16. The number of phenols is 4. The predicted molar refractivity (Wildman–Crippen MR) is 140 cm³/mol. The summed E-state index contributed by atoms with van der Waals surface area (Å²) in [4.78, 5) is 13.5. The van der Waals surface area contributed by atoms with E-state index in [0.717, 1.165) is 24.3 Å². The highest BCUT2D eigenvalue weighted by molar-refractivity contribution is 5.88. The molecule has 16 heteroatoms. The van der Waals surface area contributed by atoms with E-state index in [0.29, 0.717) is 0 Å². The zero-order chi connectivity index (χ0) is 31.4. The maximum absolute atomic E-state index is 13.5. The fraction of sp³-hybridized carbons (Fsp3) is 0.444. The van der Waals surface area contributed by atoms with Crippen LogP contribution in [0.2, 0.25) is 0 Å². The Balaban J connectivity index is 1.42. The molecule has 9 atom stereocenters. The summed E-state index contributed by atoms with van der Waals surface area (Å²) in [6.45, 7) is -0.135. The van der Waals surface area contributed by atoms with E-state index in [1.54, 1.807) is 0 Å². The summed E-state index contributed by atoms with van der Waals surface area (Å²) in [6, 6.07) is 5.26. The predicted octanol–water partition coefficient (Wildman–Crippen LogP) is -1.69. The second kappa shape index (κ2) is 11.4. The van der Waals surface area contributed by atoms with E-state index in [9.17, 15) is 55.9 Å². The van der Waals surface area contributed by atoms with Gasteiger partial charge in [-0.1, -0.05) is 0 Å². The van der Waals surface area contributed by atoms with Crippen LogP contribution >= 0.6 is 0 Å². The molecule has 0 bridgehead atoms. The normalized spacial score (nSPS) is 33.0. The van der Waals surface area contributed by atoms with Crippen molar-refractivity contribution in [1.29, 1.82) is 0 Å². The van der Waals surface area contributed by atoms with Gasteiger partial charge in [0.2, 0.25) is 17.5 Å². The summed E-state index contributed by atoms with van der Waals surface area (Å²) < 4.78 is 27.4. The lowest BCUT2D eigenvalue weighted by Crippen LogP contribution is -2.65. The Morgan fingerprint density at radius 1 is 0.884 bits per heavy atom. The molecule has 3 heterocycles. The molecule has 5 unspecified atom stereocenters. The number of ether oxygens (including phenoxy) is 4. The van der Waals surface area contributed by atoms with E-state index in [2.05, 4.69) is 0 Å². The van der Waals surface area contributed by atoms with Gasteiger partial charge in [0.15, 0.2) is 23.5 Å². The molecule has 5 rings (SSSR count). The van der Waals surface area contributed by atoms with Crippen LogP contribution in [-0.2, 0) is 14.2 Å². The number of fused-ring (bicyclic) bond motifs is 1. The smallest absolute Gasteiger partial charge is 0.239 e. The van der Waals surface area contributed by atoms with E-state index in [1.165, 1.54) is 13.0 Å². The van der Waals surface area contributed by atoms with E-state index < -0.39 is 108 Å². The zero-order valence-electron chi connectivity index (χ0n) is 22.3. The van der Waals surface area contributed by atoms with Gasteiger partial charge in [-0.3, -0.25) is 4.79 Å². The number of aromatic hydroxyl groups is 4. The van der Waals surface area contributed by atoms with Crippen molar-refractivity contribution in [3.63, 3.8) is 0 Å². The van der Waals surface area contributed by atoms with Gasteiger partial charge < -0.3 is 74.4 Å². The number of aliphatic hydroxyl groups is 6. The molecule has 10 N–H and O–H groups in total. The largest absolute Gasteiger partial charge is 0.508 e. The Hall–Kier alpha value is -3.71. The summed E-state index contributed by atoms with van der Waals surface area (Å²) in [6.07, 6.45) is -13.1. The first kappa shape index (κ1) is 30.7. The van der Waals surface area contributed by atoms with E-state index in [4.69, 9.17) is 23.4 Å². The number of hydrogen-bond donors (Lipinski definition) is 10. The highest BCUT2D eigenvalue weighted by Crippen LogP contribution is 2.39. The van der Waals surface area contributed by atoms with Crippen LogP contribution in [0.3, 0.4) is 0 Å². The number of aliphatic hydroxyl groups excluding tert-OH is 5. The molecule has 3 aromatic rings. The van der Waals surface area contributed by atoms with Crippen LogP contribution in [0.5, 0.6) is 28.7 Å². The molecule has 1 aromatic heterocycles. The Morgan fingerprint density at radius 3 is 2.30 bits per heavy atom. The molecule has 0 amide bonds. The highest BCUT2D eigenvalue weighted by atomic mass is 16.7. The molecule has 2 aliphatic heterocycles. The van der Waals surface area contributed by atoms with Crippen molar-refractivity contribution in [1.82, 2.24) is 0 Å². The van der Waals surface area contributed by atoms with Gasteiger partial charge in [0.05, 0.1) is 19.3 Å². The van der Waals surface area contributed by atoms with Gasteiger partial charge in [-0.05, 0) is 25.1 Å². The topological polar surface area (TPSA) is 269 Å². The maximum Gasteiger partial charge on any atom is 0.239 e. The van der Waals surface area contributed by atoms with E-state index in [1.807, 2.05) is 0 Å². The SMILES string of the molecule is CC1O[C@@H](OC[C@@]2(O)CO[C@@H](Oc3c(-c4ccc(O)c(O)c4)oc4cc(O)cc(O)c4c3=O)C(O)C2O)C(O)C(O)[C@H]1O. The summed E-state index contributed by atoms with van der Waals surface area (Å²) in [5, 5.41) is 102. The summed E-state index contributed by atoms with van der Waals surface area (Å²) in [7, 11) is 0. The van der Waals surface area contributed by atoms with Gasteiger partial charge in [0.25, 0.3) is 0 Å². The second-order valence-corrected chi connectivity index (χ2v) is 10.5. The molecule has 0 radical (unpaired) electrons. The minimum Gasteiger partial charge on any atom is -0.508 e. The molecule has 2 aromatic carbocycles. The Labute approximate surface area is 241 Å². The number of phenolic OH excluding ortho intramolecular Hbond substituents is 4.